The Morgan fingerprint density at radius 1 is 1.12 bits per heavy atom. The van der Waals surface area contributed by atoms with Crippen molar-refractivity contribution in [2.45, 2.75) is 6.92 Å². The molecule has 3 nitrogen and oxygen atoms in total. The van der Waals surface area contributed by atoms with E-state index in [4.69, 9.17) is 0 Å². The average molecular weight is 215 g/mol. The van der Waals surface area contributed by atoms with Gasteiger partial charge in [0, 0.05) is 5.92 Å². The van der Waals surface area contributed by atoms with Gasteiger partial charge in [-0.25, -0.2) is 0 Å². The lowest BCUT2D eigenvalue weighted by molar-refractivity contribution is -0.126. The normalized spacial score (nSPS) is 44.2. The molecule has 2 amide bonds. The number of allylic oxidation sites excluding steroid dienone is 2. The van der Waals surface area contributed by atoms with Gasteiger partial charge in [0.05, 0.1) is 11.8 Å². The molecule has 0 radical (unpaired) electrons. The molecule has 3 heteroatoms. The number of nitrogens with one attached hydrogen (secondary N) is 1. The number of carbonyl (C=O) groups is 2. The standard InChI is InChI=1S/C13H13NO2/c1-7-5-6-8(7)9-3-2-4-10-11(9)13(16)14-12(10)15/h3-11H,1H3,(H,14,15,16)/t7-,8+,9?,10-,11+/m1/s1. The molecule has 1 aliphatic heterocycles. The second kappa shape index (κ2) is 3.19. The van der Waals surface area contributed by atoms with Crippen LogP contribution in [-0.4, -0.2) is 11.8 Å². The quantitative estimate of drug-likeness (QED) is 0.403. The molecule has 1 N–H and O–H groups in total. The smallest absolute Gasteiger partial charge is 0.234 e. The first-order chi connectivity index (χ1) is 7.68. The van der Waals surface area contributed by atoms with E-state index in [9.17, 15) is 9.59 Å². The Morgan fingerprint density at radius 3 is 2.56 bits per heavy atom. The Hall–Kier alpha value is -1.60. The summed E-state index contributed by atoms with van der Waals surface area (Å²) in [5.74, 6) is 0.185. The maximum atomic E-state index is 11.8. The summed E-state index contributed by atoms with van der Waals surface area (Å²) in [4.78, 5) is 23.3. The Morgan fingerprint density at radius 2 is 1.94 bits per heavy atom. The van der Waals surface area contributed by atoms with Crippen molar-refractivity contribution in [1.82, 2.24) is 5.32 Å². The fourth-order valence-electron chi connectivity index (χ4n) is 2.87. The van der Waals surface area contributed by atoms with Crippen LogP contribution in [0.2, 0.25) is 0 Å². The molecule has 82 valence electrons. The predicted octanol–water partition coefficient (Wildman–Crippen LogP) is 1.04. The fourth-order valence-corrected chi connectivity index (χ4v) is 2.87. The van der Waals surface area contributed by atoms with E-state index in [1.54, 1.807) is 6.08 Å². The molecule has 1 unspecified atom stereocenters. The van der Waals surface area contributed by atoms with Gasteiger partial charge >= 0.3 is 0 Å². The summed E-state index contributed by atoms with van der Waals surface area (Å²) in [5, 5.41) is 2.41. The summed E-state index contributed by atoms with van der Waals surface area (Å²) in [6.07, 6.45) is 7.94. The molecule has 2 aliphatic carbocycles. The minimum absolute atomic E-state index is 0.124. The van der Waals surface area contributed by atoms with E-state index < -0.39 is 0 Å². The highest BCUT2D eigenvalue weighted by Gasteiger charge is 2.48. The van der Waals surface area contributed by atoms with Gasteiger partial charge in [-0.1, -0.05) is 19.1 Å². The molecule has 0 saturated carbocycles. The van der Waals surface area contributed by atoms with Gasteiger partial charge in [0.25, 0.3) is 0 Å². The molecule has 1 fully saturated rings. The highest BCUT2D eigenvalue weighted by molar-refractivity contribution is 6.06. The first-order valence-electron chi connectivity index (χ1n) is 5.64. The number of fused-ring (bicyclic) bond motifs is 1. The molecule has 0 aromatic rings. The lowest BCUT2D eigenvalue weighted by atomic mass is 9.66. The van der Waals surface area contributed by atoms with Crippen molar-refractivity contribution in [2.24, 2.45) is 29.6 Å². The molecule has 5 atom stereocenters. The molecule has 16 heavy (non-hydrogen) atoms. The Bertz CT molecular complexity index is 457. The highest BCUT2D eigenvalue weighted by Crippen LogP contribution is 2.42. The van der Waals surface area contributed by atoms with Crippen molar-refractivity contribution >= 4 is 11.8 Å². The second-order valence-electron chi connectivity index (χ2n) is 4.80. The van der Waals surface area contributed by atoms with E-state index in [0.717, 1.165) is 0 Å². The fraction of sp³-hybridized carbons (Fsp3) is 0.462. The number of amides is 2. The maximum Gasteiger partial charge on any atom is 0.234 e. The zero-order valence-corrected chi connectivity index (χ0v) is 9.01. The van der Waals surface area contributed by atoms with Gasteiger partial charge in [-0.05, 0) is 24.0 Å². The second-order valence-corrected chi connectivity index (χ2v) is 4.80. The van der Waals surface area contributed by atoms with Crippen molar-refractivity contribution in [3.63, 3.8) is 0 Å². The van der Waals surface area contributed by atoms with Crippen LogP contribution >= 0.6 is 0 Å². The van der Waals surface area contributed by atoms with Gasteiger partial charge in [-0.3, -0.25) is 14.9 Å². The molecule has 0 spiro atoms. The van der Waals surface area contributed by atoms with Crippen molar-refractivity contribution < 1.29 is 9.59 Å². The van der Waals surface area contributed by atoms with Crippen LogP contribution in [0.25, 0.3) is 0 Å². The Labute approximate surface area is 93.9 Å². The third-order valence-corrected chi connectivity index (χ3v) is 3.91. The zero-order chi connectivity index (χ0) is 11.3. The van der Waals surface area contributed by atoms with Crippen LogP contribution in [0.1, 0.15) is 6.92 Å². The summed E-state index contributed by atoms with van der Waals surface area (Å²) in [6.45, 7) is 2.14. The first kappa shape index (κ1) is 9.61. The van der Waals surface area contributed by atoms with Crippen LogP contribution in [-0.2, 0) is 9.59 Å². The van der Waals surface area contributed by atoms with Gasteiger partial charge in [0.2, 0.25) is 11.8 Å². The van der Waals surface area contributed by atoms with E-state index >= 15 is 0 Å². The molecule has 3 aliphatic rings. The first-order valence-corrected chi connectivity index (χ1v) is 5.64. The van der Waals surface area contributed by atoms with E-state index in [-0.39, 0.29) is 29.6 Å². The minimum Gasteiger partial charge on any atom is -0.296 e. The van der Waals surface area contributed by atoms with E-state index in [0.29, 0.717) is 11.8 Å². The van der Waals surface area contributed by atoms with Crippen molar-refractivity contribution in [1.29, 1.82) is 0 Å². The molecule has 0 aromatic carbocycles. The van der Waals surface area contributed by atoms with E-state index in [1.807, 2.05) is 6.08 Å². The van der Waals surface area contributed by atoms with Crippen LogP contribution in [0.3, 0.4) is 0 Å². The van der Waals surface area contributed by atoms with Crippen LogP contribution in [0.5, 0.6) is 0 Å². The van der Waals surface area contributed by atoms with Gasteiger partial charge in [-0.2, -0.15) is 0 Å². The molecular formula is C13H13NO2. The largest absolute Gasteiger partial charge is 0.296 e. The van der Waals surface area contributed by atoms with Gasteiger partial charge < -0.3 is 0 Å². The van der Waals surface area contributed by atoms with Gasteiger partial charge in [0.1, 0.15) is 0 Å². The number of imide groups is 1. The van der Waals surface area contributed by atoms with Crippen LogP contribution in [0.4, 0.5) is 0 Å². The third kappa shape index (κ3) is 1.15. The zero-order valence-electron chi connectivity index (χ0n) is 9.01. The van der Waals surface area contributed by atoms with Crippen LogP contribution < -0.4 is 5.32 Å². The Balaban J connectivity index is 1.95. The van der Waals surface area contributed by atoms with Crippen LogP contribution in [0.15, 0.2) is 30.0 Å². The number of rotatable bonds is 1. The lowest BCUT2D eigenvalue weighted by Crippen LogP contribution is -2.36. The van der Waals surface area contributed by atoms with Gasteiger partial charge in [-0.15, -0.1) is 5.73 Å². The number of hydrogen-bond donors (Lipinski definition) is 1. The van der Waals surface area contributed by atoms with Crippen molar-refractivity contribution in [3.8, 4) is 0 Å². The summed E-state index contributed by atoms with van der Waals surface area (Å²) in [7, 11) is 0. The molecule has 0 bridgehead atoms. The topological polar surface area (TPSA) is 46.2 Å². The van der Waals surface area contributed by atoms with Crippen molar-refractivity contribution in [3.05, 3.63) is 30.0 Å². The highest BCUT2D eigenvalue weighted by atomic mass is 16.2. The summed E-state index contributed by atoms with van der Waals surface area (Å²) in [5.41, 5.74) is 3.03. The molecular weight excluding hydrogens is 202 g/mol. The molecule has 1 saturated heterocycles. The summed E-state index contributed by atoms with van der Waals surface area (Å²) < 4.78 is 0. The average Bonchev–Trinajstić information content (AvgIpc) is 2.54. The number of hydrogen-bond acceptors (Lipinski definition) is 2. The number of carbonyl (C=O) groups excluding carboxylic acids is 2. The SMILES string of the molecule is C[C@@H]1C=C[C@@H]1C1C=C=C[C@H]2C(=O)NC(=O)[C@@H]12. The minimum atomic E-state index is -0.302. The Kier molecular flexibility index (Phi) is 1.92. The molecule has 1 heterocycles. The van der Waals surface area contributed by atoms with Crippen LogP contribution in [0, 0.1) is 29.6 Å². The summed E-state index contributed by atoms with van der Waals surface area (Å²) >= 11 is 0. The van der Waals surface area contributed by atoms with Crippen molar-refractivity contribution in [2.75, 3.05) is 0 Å². The molecule has 3 rings (SSSR count). The van der Waals surface area contributed by atoms with Gasteiger partial charge in [0.15, 0.2) is 0 Å². The van der Waals surface area contributed by atoms with E-state index in [2.05, 4.69) is 30.1 Å². The third-order valence-electron chi connectivity index (χ3n) is 3.91. The molecule has 0 aromatic heterocycles. The maximum absolute atomic E-state index is 11.8. The monoisotopic (exact) mass is 215 g/mol. The van der Waals surface area contributed by atoms with E-state index in [1.165, 1.54) is 0 Å². The predicted molar refractivity (Wildman–Crippen MR) is 58.1 cm³/mol. The summed E-state index contributed by atoms with van der Waals surface area (Å²) in [6, 6.07) is 0. The lowest BCUT2D eigenvalue weighted by Gasteiger charge is -2.36.